The summed E-state index contributed by atoms with van der Waals surface area (Å²) in [7, 11) is 0. The van der Waals surface area contributed by atoms with Gasteiger partial charge in [0.15, 0.2) is 0 Å². The summed E-state index contributed by atoms with van der Waals surface area (Å²) in [6, 6.07) is 14.3. The molecular weight excluding hydrogens is 230 g/mol. The van der Waals surface area contributed by atoms with Gasteiger partial charge in [0.05, 0.1) is 0 Å². The fourth-order valence-corrected chi connectivity index (χ4v) is 1.98. The van der Waals surface area contributed by atoms with Crippen LogP contribution >= 0.6 is 11.6 Å². The van der Waals surface area contributed by atoms with Gasteiger partial charge in [0.25, 0.3) is 0 Å². The van der Waals surface area contributed by atoms with E-state index in [4.69, 9.17) is 11.6 Å². The molecule has 0 spiro atoms. The second kappa shape index (κ2) is 5.24. The Labute approximate surface area is 107 Å². The molecule has 0 aliphatic heterocycles. The summed E-state index contributed by atoms with van der Waals surface area (Å²) in [5, 5.41) is 4.15. The third kappa shape index (κ3) is 3.24. The molecule has 17 heavy (non-hydrogen) atoms. The van der Waals surface area contributed by atoms with Crippen LogP contribution in [-0.2, 0) is 6.54 Å². The average molecular weight is 246 g/mol. The molecule has 2 rings (SSSR count). The van der Waals surface area contributed by atoms with Crippen molar-refractivity contribution in [2.24, 2.45) is 0 Å². The van der Waals surface area contributed by atoms with E-state index in [1.165, 1.54) is 16.7 Å². The van der Waals surface area contributed by atoms with Crippen molar-refractivity contribution in [2.75, 3.05) is 5.32 Å². The Hall–Kier alpha value is -1.47. The number of benzene rings is 2. The molecule has 0 aliphatic carbocycles. The van der Waals surface area contributed by atoms with Gasteiger partial charge in [0, 0.05) is 17.3 Å². The molecule has 1 N–H and O–H groups in total. The monoisotopic (exact) mass is 245 g/mol. The standard InChI is InChI=1S/C15H16ClN/c1-11-6-7-12(2)13(8-11)10-17-15-5-3-4-14(16)9-15/h3-9,17H,10H2,1-2H3. The molecule has 2 aromatic rings. The third-order valence-corrected chi connectivity index (χ3v) is 3.05. The van der Waals surface area contributed by atoms with Gasteiger partial charge in [-0.25, -0.2) is 0 Å². The Morgan fingerprint density at radius 1 is 1.06 bits per heavy atom. The molecule has 0 atom stereocenters. The molecular formula is C15H16ClN. The Kier molecular flexibility index (Phi) is 3.70. The van der Waals surface area contributed by atoms with E-state index in [0.29, 0.717) is 0 Å². The van der Waals surface area contributed by atoms with Crippen LogP contribution in [0.4, 0.5) is 5.69 Å². The summed E-state index contributed by atoms with van der Waals surface area (Å²) < 4.78 is 0. The fourth-order valence-electron chi connectivity index (χ4n) is 1.79. The molecule has 0 saturated carbocycles. The molecule has 0 saturated heterocycles. The maximum atomic E-state index is 5.94. The van der Waals surface area contributed by atoms with Crippen molar-refractivity contribution in [1.29, 1.82) is 0 Å². The van der Waals surface area contributed by atoms with Crippen LogP contribution in [-0.4, -0.2) is 0 Å². The van der Waals surface area contributed by atoms with Gasteiger partial charge in [0.1, 0.15) is 0 Å². The lowest BCUT2D eigenvalue weighted by Crippen LogP contribution is -2.01. The number of aryl methyl sites for hydroxylation is 2. The van der Waals surface area contributed by atoms with Crippen LogP contribution in [0.3, 0.4) is 0 Å². The minimum Gasteiger partial charge on any atom is -0.381 e. The van der Waals surface area contributed by atoms with Crippen molar-refractivity contribution in [3.8, 4) is 0 Å². The number of rotatable bonds is 3. The predicted octanol–water partition coefficient (Wildman–Crippen LogP) is 4.57. The van der Waals surface area contributed by atoms with E-state index < -0.39 is 0 Å². The third-order valence-electron chi connectivity index (χ3n) is 2.81. The molecule has 0 amide bonds. The minimum absolute atomic E-state index is 0.760. The topological polar surface area (TPSA) is 12.0 Å². The highest BCUT2D eigenvalue weighted by atomic mass is 35.5. The van der Waals surface area contributed by atoms with Crippen molar-refractivity contribution >= 4 is 17.3 Å². The van der Waals surface area contributed by atoms with E-state index >= 15 is 0 Å². The summed E-state index contributed by atoms with van der Waals surface area (Å²) in [6.45, 7) is 5.07. The summed E-state index contributed by atoms with van der Waals surface area (Å²) in [5.74, 6) is 0. The van der Waals surface area contributed by atoms with Gasteiger partial charge in [-0.2, -0.15) is 0 Å². The lowest BCUT2D eigenvalue weighted by molar-refractivity contribution is 1.11. The summed E-state index contributed by atoms with van der Waals surface area (Å²) in [6.07, 6.45) is 0. The van der Waals surface area contributed by atoms with E-state index in [1.807, 2.05) is 24.3 Å². The number of halogens is 1. The molecule has 88 valence electrons. The zero-order valence-electron chi connectivity index (χ0n) is 10.1. The first kappa shape index (κ1) is 12.0. The first-order valence-corrected chi connectivity index (χ1v) is 6.08. The van der Waals surface area contributed by atoms with E-state index in [2.05, 4.69) is 37.4 Å². The Balaban J connectivity index is 2.09. The molecule has 0 aliphatic rings. The molecule has 1 nitrogen and oxygen atoms in total. The molecule has 0 bridgehead atoms. The number of nitrogens with one attached hydrogen (secondary N) is 1. The van der Waals surface area contributed by atoms with E-state index in [-0.39, 0.29) is 0 Å². The van der Waals surface area contributed by atoms with Crippen LogP contribution < -0.4 is 5.32 Å². The SMILES string of the molecule is Cc1ccc(C)c(CNc2cccc(Cl)c2)c1. The zero-order valence-corrected chi connectivity index (χ0v) is 10.9. The maximum absolute atomic E-state index is 5.94. The van der Waals surface area contributed by atoms with Crippen molar-refractivity contribution in [3.63, 3.8) is 0 Å². The molecule has 2 aromatic carbocycles. The normalized spacial score (nSPS) is 10.3. The van der Waals surface area contributed by atoms with E-state index in [0.717, 1.165) is 17.3 Å². The largest absolute Gasteiger partial charge is 0.381 e. The van der Waals surface area contributed by atoms with Gasteiger partial charge in [0.2, 0.25) is 0 Å². The molecule has 2 heteroatoms. The fraction of sp³-hybridized carbons (Fsp3) is 0.200. The molecule has 0 unspecified atom stereocenters. The highest BCUT2D eigenvalue weighted by molar-refractivity contribution is 6.30. The lowest BCUT2D eigenvalue weighted by atomic mass is 10.1. The Morgan fingerprint density at radius 2 is 1.88 bits per heavy atom. The van der Waals surface area contributed by atoms with Crippen molar-refractivity contribution in [2.45, 2.75) is 20.4 Å². The van der Waals surface area contributed by atoms with Crippen LogP contribution in [0.1, 0.15) is 16.7 Å². The van der Waals surface area contributed by atoms with Crippen LogP contribution in [0, 0.1) is 13.8 Å². The van der Waals surface area contributed by atoms with Crippen LogP contribution in [0.15, 0.2) is 42.5 Å². The van der Waals surface area contributed by atoms with Gasteiger partial charge in [-0.3, -0.25) is 0 Å². The molecule has 0 radical (unpaired) electrons. The number of hydrogen-bond donors (Lipinski definition) is 1. The summed E-state index contributed by atoms with van der Waals surface area (Å²) >= 11 is 5.94. The lowest BCUT2D eigenvalue weighted by Gasteiger charge is -2.10. The summed E-state index contributed by atoms with van der Waals surface area (Å²) in [4.78, 5) is 0. The first-order chi connectivity index (χ1) is 8.15. The van der Waals surface area contributed by atoms with E-state index in [9.17, 15) is 0 Å². The predicted molar refractivity (Wildman–Crippen MR) is 74.7 cm³/mol. The number of anilines is 1. The smallest absolute Gasteiger partial charge is 0.0426 e. The minimum atomic E-state index is 0.760. The second-order valence-corrected chi connectivity index (χ2v) is 4.73. The Bertz CT molecular complexity index is 520. The van der Waals surface area contributed by atoms with Crippen LogP contribution in [0.5, 0.6) is 0 Å². The van der Waals surface area contributed by atoms with Gasteiger partial charge in [-0.15, -0.1) is 0 Å². The van der Waals surface area contributed by atoms with Crippen molar-refractivity contribution in [3.05, 3.63) is 64.2 Å². The molecule has 0 fully saturated rings. The first-order valence-electron chi connectivity index (χ1n) is 5.71. The van der Waals surface area contributed by atoms with Crippen LogP contribution in [0.25, 0.3) is 0 Å². The highest BCUT2D eigenvalue weighted by Crippen LogP contribution is 2.17. The Morgan fingerprint density at radius 3 is 2.65 bits per heavy atom. The van der Waals surface area contributed by atoms with Gasteiger partial charge in [-0.05, 0) is 43.2 Å². The van der Waals surface area contributed by atoms with Gasteiger partial charge < -0.3 is 5.32 Å². The molecule has 0 aromatic heterocycles. The summed E-state index contributed by atoms with van der Waals surface area (Å²) in [5.41, 5.74) is 4.98. The van der Waals surface area contributed by atoms with Gasteiger partial charge in [-0.1, -0.05) is 41.4 Å². The quantitative estimate of drug-likeness (QED) is 0.835. The number of hydrogen-bond acceptors (Lipinski definition) is 1. The molecule has 0 heterocycles. The average Bonchev–Trinajstić information content (AvgIpc) is 2.30. The van der Waals surface area contributed by atoms with Crippen LogP contribution in [0.2, 0.25) is 5.02 Å². The second-order valence-electron chi connectivity index (χ2n) is 4.29. The van der Waals surface area contributed by atoms with Crippen molar-refractivity contribution < 1.29 is 0 Å². The highest BCUT2D eigenvalue weighted by Gasteiger charge is 1.99. The van der Waals surface area contributed by atoms with Crippen molar-refractivity contribution in [1.82, 2.24) is 0 Å². The van der Waals surface area contributed by atoms with E-state index in [1.54, 1.807) is 0 Å². The zero-order chi connectivity index (χ0) is 12.3. The maximum Gasteiger partial charge on any atom is 0.0426 e. The van der Waals surface area contributed by atoms with Gasteiger partial charge >= 0.3 is 0 Å².